The van der Waals surface area contributed by atoms with Crippen LogP contribution >= 0.6 is 11.3 Å². The van der Waals surface area contributed by atoms with Crippen LogP contribution in [0.1, 0.15) is 76.0 Å². The normalized spacial score (nSPS) is 26.0. The van der Waals surface area contributed by atoms with E-state index in [9.17, 15) is 19.5 Å². The van der Waals surface area contributed by atoms with Crippen molar-refractivity contribution in [2.75, 3.05) is 18.6 Å². The van der Waals surface area contributed by atoms with Gasteiger partial charge in [0.05, 0.1) is 29.7 Å². The summed E-state index contributed by atoms with van der Waals surface area (Å²) in [5.41, 5.74) is 2.96. The number of methoxy groups -OCH3 is 1. The maximum absolute atomic E-state index is 14.6. The van der Waals surface area contributed by atoms with Gasteiger partial charge in [-0.25, -0.2) is 9.97 Å². The molecule has 10 heteroatoms. The van der Waals surface area contributed by atoms with Crippen molar-refractivity contribution in [1.29, 1.82) is 0 Å². The molecule has 0 spiro atoms. The second-order valence-electron chi connectivity index (χ2n) is 14.6. The molecule has 3 heterocycles. The first-order valence-electron chi connectivity index (χ1n) is 18.0. The van der Waals surface area contributed by atoms with Gasteiger partial charge in [0.1, 0.15) is 34.1 Å². The van der Waals surface area contributed by atoms with Crippen LogP contribution in [0.5, 0.6) is 11.5 Å². The van der Waals surface area contributed by atoms with Gasteiger partial charge in [0.15, 0.2) is 0 Å². The first-order chi connectivity index (χ1) is 24.6. The number of fused-ring (bicyclic) bond motifs is 3. The predicted octanol–water partition coefficient (Wildman–Crippen LogP) is 8.40. The number of ether oxygens (including phenoxy) is 2. The molecule has 51 heavy (non-hydrogen) atoms. The Morgan fingerprint density at radius 3 is 2.55 bits per heavy atom. The highest BCUT2D eigenvalue weighted by atomic mass is 32.1. The number of amides is 1. The molecule has 1 amide bonds. The molecule has 2 saturated carbocycles. The lowest BCUT2D eigenvalue weighted by Gasteiger charge is -2.28. The van der Waals surface area contributed by atoms with Crippen LogP contribution in [0.3, 0.4) is 0 Å². The Morgan fingerprint density at radius 2 is 1.82 bits per heavy atom. The van der Waals surface area contributed by atoms with Crippen LogP contribution in [0.15, 0.2) is 66.1 Å². The molecule has 0 bridgehead atoms. The Morgan fingerprint density at radius 1 is 1.04 bits per heavy atom. The van der Waals surface area contributed by atoms with E-state index < -0.39 is 29.3 Å². The number of aliphatic carboxylic acids is 1. The molecule has 5 atom stereocenters. The van der Waals surface area contributed by atoms with Crippen LogP contribution in [-0.4, -0.2) is 52.5 Å². The van der Waals surface area contributed by atoms with Crippen LogP contribution in [0.4, 0.5) is 5.69 Å². The smallest absolute Gasteiger partial charge is 0.310 e. The first kappa shape index (κ1) is 34.9. The van der Waals surface area contributed by atoms with Crippen molar-refractivity contribution in [3.8, 4) is 22.2 Å². The number of para-hydroxylation sites is 1. The summed E-state index contributed by atoms with van der Waals surface area (Å²) in [6, 6.07) is 15.4. The monoisotopic (exact) mass is 707 g/mol. The first-order valence-corrected chi connectivity index (χ1v) is 18.9. The second kappa shape index (κ2) is 14.2. The van der Waals surface area contributed by atoms with Gasteiger partial charge in [0, 0.05) is 47.0 Å². The van der Waals surface area contributed by atoms with Crippen LogP contribution in [0, 0.1) is 30.1 Å². The summed E-state index contributed by atoms with van der Waals surface area (Å²) < 4.78 is 12.5. The number of aromatic nitrogens is 2. The summed E-state index contributed by atoms with van der Waals surface area (Å²) in [5, 5.41) is 13.9. The van der Waals surface area contributed by atoms with Crippen molar-refractivity contribution >= 4 is 45.6 Å². The summed E-state index contributed by atoms with van der Waals surface area (Å²) in [4.78, 5) is 53.2. The lowest BCUT2D eigenvalue weighted by molar-refractivity contribution is -0.146. The molecule has 2 aromatic carbocycles. The Kier molecular flexibility index (Phi) is 9.72. The van der Waals surface area contributed by atoms with Crippen molar-refractivity contribution in [3.63, 3.8) is 0 Å². The number of anilines is 1. The average Bonchev–Trinajstić information content (AvgIpc) is 3.42. The van der Waals surface area contributed by atoms with Crippen LogP contribution in [0.25, 0.3) is 21.6 Å². The van der Waals surface area contributed by atoms with Gasteiger partial charge >= 0.3 is 5.97 Å². The van der Waals surface area contributed by atoms with E-state index in [1.807, 2.05) is 72.5 Å². The van der Waals surface area contributed by atoms with Gasteiger partial charge in [-0.2, -0.15) is 0 Å². The molecule has 2 aliphatic carbocycles. The highest BCUT2D eigenvalue weighted by molar-refractivity contribution is 7.13. The number of carbonyl (C=O) groups is 3. The lowest BCUT2D eigenvalue weighted by Crippen LogP contribution is -2.40. The third-order valence-corrected chi connectivity index (χ3v) is 11.9. The van der Waals surface area contributed by atoms with E-state index in [1.54, 1.807) is 7.11 Å². The molecule has 0 unspecified atom stereocenters. The van der Waals surface area contributed by atoms with Gasteiger partial charge in [-0.1, -0.05) is 44.2 Å². The number of carbonyl (C=O) groups excluding carboxylic acids is 2. The molecular formula is C41H45N3O6S. The quantitative estimate of drug-likeness (QED) is 0.190. The molecule has 3 aliphatic rings. The Bertz CT molecular complexity index is 1990. The third kappa shape index (κ3) is 6.78. The third-order valence-electron chi connectivity index (χ3n) is 11.0. The molecule has 2 aromatic heterocycles. The minimum Gasteiger partial charge on any atom is -0.496 e. The zero-order chi connectivity index (χ0) is 35.9. The number of benzene rings is 2. The molecular weight excluding hydrogens is 663 g/mol. The minimum absolute atomic E-state index is 0.0899. The van der Waals surface area contributed by atoms with Gasteiger partial charge in [-0.3, -0.25) is 14.4 Å². The van der Waals surface area contributed by atoms with Crippen LogP contribution in [0.2, 0.25) is 0 Å². The van der Waals surface area contributed by atoms with E-state index in [-0.39, 0.29) is 29.9 Å². The van der Waals surface area contributed by atoms with E-state index in [2.05, 4.69) is 19.2 Å². The van der Waals surface area contributed by atoms with Gasteiger partial charge < -0.3 is 19.5 Å². The maximum Gasteiger partial charge on any atom is 0.310 e. The van der Waals surface area contributed by atoms with E-state index in [1.165, 1.54) is 11.3 Å². The standard InChI is InChI=1S/C41H45N3O6S/c1-24(2)33-23-51-38(43-33)32-20-36(29-15-16-35(49-4)25(3)37(29)42-32)50-28-18-30-31(19-28)39(46)44(27-13-9-7-10-14-27)17-11-6-5-8-12-26-21-41(26,40(47)48)22-34(30)45/h7-10,12-16,20,23-24,26,28,30-31H,5-6,11,17-19,21-22H2,1-4H3,(H,47,48)/b12-8-/t26-,28+,30+,31+,41+/m0/s1. The molecule has 266 valence electrons. The average molecular weight is 708 g/mol. The second-order valence-corrected chi connectivity index (χ2v) is 15.5. The number of hydrogen-bond acceptors (Lipinski definition) is 8. The molecule has 1 N–H and O–H groups in total. The number of thiazole rings is 1. The maximum atomic E-state index is 14.6. The SMILES string of the molecule is COc1ccc2c(O[C@@H]3C[C@H]4C(=O)C[C@]5(C(=O)O)C[C@@H]5/C=C\CCCCN(c5ccccc5)C(=O)[C@@H]4C3)cc(-c3nc(C(C)C)cs3)nc2c1C. The summed E-state index contributed by atoms with van der Waals surface area (Å²) >= 11 is 1.53. The highest BCUT2D eigenvalue weighted by Gasteiger charge is 2.61. The molecule has 2 fully saturated rings. The molecule has 7 rings (SSSR count). The van der Waals surface area contributed by atoms with E-state index in [0.717, 1.165) is 52.1 Å². The highest BCUT2D eigenvalue weighted by Crippen LogP contribution is 2.57. The number of ketones is 1. The lowest BCUT2D eigenvalue weighted by atomic mass is 9.84. The van der Waals surface area contributed by atoms with Crippen LogP contribution in [-0.2, 0) is 14.4 Å². The Labute approximate surface area is 302 Å². The fourth-order valence-electron chi connectivity index (χ4n) is 7.89. The molecule has 9 nitrogen and oxygen atoms in total. The fraction of sp³-hybridized carbons (Fsp3) is 0.439. The number of allylic oxidation sites excluding steroid dienone is 2. The van der Waals surface area contributed by atoms with E-state index in [0.29, 0.717) is 43.0 Å². The number of Topliss-reactive ketones (excluding diaryl/α,β-unsaturated/α-hetero) is 1. The summed E-state index contributed by atoms with van der Waals surface area (Å²) in [6.07, 6.45) is 7.04. The number of hydrogen-bond donors (Lipinski definition) is 1. The minimum atomic E-state index is -1.11. The number of nitrogens with zero attached hydrogens (tertiary/aromatic N) is 3. The molecule has 1 aliphatic heterocycles. The van der Waals surface area contributed by atoms with Crippen molar-refractivity contribution in [2.24, 2.45) is 23.2 Å². The zero-order valence-electron chi connectivity index (χ0n) is 29.6. The number of rotatable bonds is 7. The fourth-order valence-corrected chi connectivity index (χ4v) is 8.83. The molecule has 0 saturated heterocycles. The van der Waals surface area contributed by atoms with Gasteiger partial charge in [-0.15, -0.1) is 11.3 Å². The van der Waals surface area contributed by atoms with Gasteiger partial charge in [0.2, 0.25) is 5.91 Å². The van der Waals surface area contributed by atoms with Gasteiger partial charge in [-0.05, 0) is 81.5 Å². The number of aryl methyl sites for hydroxylation is 1. The summed E-state index contributed by atoms with van der Waals surface area (Å²) in [5.74, 6) is -1.13. The van der Waals surface area contributed by atoms with Crippen molar-refractivity contribution in [2.45, 2.75) is 77.7 Å². The topological polar surface area (TPSA) is 119 Å². The Balaban J connectivity index is 1.26. The van der Waals surface area contributed by atoms with Crippen molar-refractivity contribution < 1.29 is 29.0 Å². The number of carboxylic acids is 1. The van der Waals surface area contributed by atoms with Crippen LogP contribution < -0.4 is 14.4 Å². The number of pyridine rings is 1. The number of carboxylic acid groups (broad SMARTS) is 1. The predicted molar refractivity (Wildman–Crippen MR) is 198 cm³/mol. The Hall–Kier alpha value is -4.57. The zero-order valence-corrected chi connectivity index (χ0v) is 30.4. The summed E-state index contributed by atoms with van der Waals surface area (Å²) in [6.45, 7) is 6.72. The van der Waals surface area contributed by atoms with Crippen molar-refractivity contribution in [3.05, 3.63) is 77.3 Å². The molecule has 0 radical (unpaired) electrons. The van der Waals surface area contributed by atoms with Crippen molar-refractivity contribution in [1.82, 2.24) is 9.97 Å². The van der Waals surface area contributed by atoms with E-state index >= 15 is 0 Å². The largest absolute Gasteiger partial charge is 0.496 e. The molecule has 4 aromatic rings. The van der Waals surface area contributed by atoms with E-state index in [4.69, 9.17) is 19.4 Å². The van der Waals surface area contributed by atoms with Gasteiger partial charge in [0.25, 0.3) is 0 Å². The summed E-state index contributed by atoms with van der Waals surface area (Å²) in [7, 11) is 1.63.